The van der Waals surface area contributed by atoms with Crippen molar-refractivity contribution in [3.8, 4) is 16.1 Å². The van der Waals surface area contributed by atoms with E-state index in [0.29, 0.717) is 16.6 Å². The van der Waals surface area contributed by atoms with E-state index in [1.165, 1.54) is 34.6 Å². The van der Waals surface area contributed by atoms with Gasteiger partial charge >= 0.3 is 0 Å². The molecule has 24 heavy (non-hydrogen) atoms. The molecule has 2 aliphatic rings. The van der Waals surface area contributed by atoms with Gasteiger partial charge in [0.2, 0.25) is 0 Å². The molecule has 5 nitrogen and oxygen atoms in total. The molecule has 0 unspecified atom stereocenters. The summed E-state index contributed by atoms with van der Waals surface area (Å²) in [5.41, 5.74) is 2.69. The summed E-state index contributed by atoms with van der Waals surface area (Å²) in [4.78, 5) is 20.3. The number of rotatable bonds is 2. The maximum Gasteiger partial charge on any atom is 0.267 e. The zero-order valence-corrected chi connectivity index (χ0v) is 13.8. The zero-order chi connectivity index (χ0) is 16.8. The van der Waals surface area contributed by atoms with Gasteiger partial charge in [-0.1, -0.05) is 6.07 Å². The summed E-state index contributed by atoms with van der Waals surface area (Å²) in [7, 11) is 3.83. The van der Waals surface area contributed by atoms with E-state index in [1.54, 1.807) is 18.3 Å². The summed E-state index contributed by atoms with van der Waals surface area (Å²) in [6, 6.07) is 7.79. The minimum absolute atomic E-state index is 0.229. The van der Waals surface area contributed by atoms with Crippen LogP contribution in [-0.2, 0) is 0 Å². The number of nitrogens with zero attached hydrogens (tertiary/aromatic N) is 4. The van der Waals surface area contributed by atoms with Crippen LogP contribution >= 0.6 is 11.5 Å². The van der Waals surface area contributed by atoms with Crippen molar-refractivity contribution in [1.82, 2.24) is 13.9 Å². The number of anilines is 1. The fourth-order valence-corrected chi connectivity index (χ4v) is 3.67. The van der Waals surface area contributed by atoms with Gasteiger partial charge in [0, 0.05) is 25.9 Å². The van der Waals surface area contributed by atoms with Crippen LogP contribution in [0.25, 0.3) is 27.0 Å². The van der Waals surface area contributed by atoms with Crippen molar-refractivity contribution in [2.24, 2.45) is 0 Å². The standard InChI is InChI=1S/C17H13FN4OS/c1-21(2)15-12-6-7-20-24-16(12)13-14(15)19-9-22(17(13)23)11-5-3-4-10(18)8-11/h3-9H,1-2H3. The molecule has 7 heteroatoms. The molecule has 0 bridgehead atoms. The Balaban J connectivity index is 2.11. The summed E-state index contributed by atoms with van der Waals surface area (Å²) in [5.74, 6) is -0.398. The lowest BCUT2D eigenvalue weighted by Gasteiger charge is -2.13. The molecule has 2 aromatic rings. The minimum atomic E-state index is -0.398. The van der Waals surface area contributed by atoms with E-state index in [2.05, 4.69) is 9.36 Å². The van der Waals surface area contributed by atoms with Crippen molar-refractivity contribution in [2.45, 2.75) is 0 Å². The van der Waals surface area contributed by atoms with Gasteiger partial charge < -0.3 is 4.90 Å². The Morgan fingerprint density at radius 1 is 1.25 bits per heavy atom. The van der Waals surface area contributed by atoms with Crippen molar-refractivity contribution >= 4 is 28.1 Å². The third-order valence-corrected chi connectivity index (χ3v) is 4.74. The molecular formula is C17H13FN4OS. The monoisotopic (exact) mass is 340 g/mol. The first-order valence-corrected chi connectivity index (χ1v) is 8.06. The van der Waals surface area contributed by atoms with Gasteiger partial charge in [-0.05, 0) is 35.8 Å². The molecule has 4 rings (SSSR count). The van der Waals surface area contributed by atoms with Gasteiger partial charge in [0.25, 0.3) is 5.56 Å². The Morgan fingerprint density at radius 3 is 2.83 bits per heavy atom. The Bertz CT molecular complexity index is 1090. The van der Waals surface area contributed by atoms with Gasteiger partial charge in [0.15, 0.2) is 0 Å². The third kappa shape index (κ3) is 2.09. The van der Waals surface area contributed by atoms with Crippen LogP contribution in [0.4, 0.5) is 10.1 Å². The molecule has 120 valence electrons. The summed E-state index contributed by atoms with van der Waals surface area (Å²) < 4.78 is 19.1. The fraction of sp³-hybridized carbons (Fsp3) is 0.118. The second-order valence-electron chi connectivity index (χ2n) is 5.62. The Hall–Kier alpha value is -2.80. The van der Waals surface area contributed by atoms with Crippen molar-refractivity contribution in [2.75, 3.05) is 19.0 Å². The number of fused-ring (bicyclic) bond motifs is 3. The first-order valence-electron chi connectivity index (χ1n) is 7.29. The first kappa shape index (κ1) is 14.8. The lowest BCUT2D eigenvalue weighted by atomic mass is 10.2. The molecule has 0 N–H and O–H groups in total. The molecule has 1 aromatic carbocycles. The molecule has 1 aliphatic heterocycles. The van der Waals surface area contributed by atoms with E-state index in [1.807, 2.05) is 25.1 Å². The van der Waals surface area contributed by atoms with Gasteiger partial charge in [0.05, 0.1) is 21.6 Å². The van der Waals surface area contributed by atoms with Crippen LogP contribution in [0.3, 0.4) is 0 Å². The highest BCUT2D eigenvalue weighted by atomic mass is 32.1. The highest BCUT2D eigenvalue weighted by Gasteiger charge is 2.24. The van der Waals surface area contributed by atoms with Crippen molar-refractivity contribution in [1.29, 1.82) is 0 Å². The predicted octanol–water partition coefficient (Wildman–Crippen LogP) is 3.15. The van der Waals surface area contributed by atoms with Crippen molar-refractivity contribution in [3.63, 3.8) is 0 Å². The molecule has 0 fully saturated rings. The van der Waals surface area contributed by atoms with Crippen LogP contribution in [0.15, 0.2) is 47.7 Å². The number of benzene rings is 1. The summed E-state index contributed by atoms with van der Waals surface area (Å²) >= 11 is 1.26. The molecular weight excluding hydrogens is 327 g/mol. The summed E-state index contributed by atoms with van der Waals surface area (Å²) in [6.45, 7) is 0. The van der Waals surface area contributed by atoms with Crippen molar-refractivity contribution < 1.29 is 4.39 Å². The van der Waals surface area contributed by atoms with Crippen molar-refractivity contribution in [3.05, 3.63) is 59.0 Å². The maximum absolute atomic E-state index is 13.5. The number of hydrogen-bond donors (Lipinski definition) is 0. The smallest absolute Gasteiger partial charge is 0.267 e. The average molecular weight is 340 g/mol. The second-order valence-corrected chi connectivity index (χ2v) is 6.42. The molecule has 0 amide bonds. The van der Waals surface area contributed by atoms with Crippen LogP contribution in [0.5, 0.6) is 0 Å². The van der Waals surface area contributed by atoms with Gasteiger partial charge in [-0.25, -0.2) is 13.7 Å². The zero-order valence-electron chi connectivity index (χ0n) is 13.0. The fourth-order valence-electron chi connectivity index (χ4n) is 2.91. The lowest BCUT2D eigenvalue weighted by molar-refractivity contribution is 0.626. The first-order chi connectivity index (χ1) is 11.6. The van der Waals surface area contributed by atoms with Gasteiger partial charge in [-0.3, -0.25) is 9.36 Å². The van der Waals surface area contributed by atoms with E-state index in [9.17, 15) is 9.18 Å². The van der Waals surface area contributed by atoms with E-state index in [4.69, 9.17) is 0 Å². The molecule has 1 aliphatic carbocycles. The summed E-state index contributed by atoms with van der Waals surface area (Å²) in [5, 5.41) is 0.513. The average Bonchev–Trinajstić information content (AvgIpc) is 2.90. The van der Waals surface area contributed by atoms with Crippen LogP contribution < -0.4 is 10.5 Å². The molecule has 1 aromatic heterocycles. The number of aromatic nitrogens is 3. The van der Waals surface area contributed by atoms with E-state index in [-0.39, 0.29) is 5.56 Å². The number of halogens is 1. The third-order valence-electron chi connectivity index (χ3n) is 3.90. The van der Waals surface area contributed by atoms with Crippen LogP contribution in [0, 0.1) is 5.82 Å². The quantitative estimate of drug-likeness (QED) is 0.562. The second kappa shape index (κ2) is 5.38. The topological polar surface area (TPSA) is 51.0 Å². The highest BCUT2D eigenvalue weighted by molar-refractivity contribution is 7.10. The van der Waals surface area contributed by atoms with Crippen LogP contribution in [0.1, 0.15) is 0 Å². The lowest BCUT2D eigenvalue weighted by Crippen LogP contribution is -2.19. The highest BCUT2D eigenvalue weighted by Crippen LogP contribution is 2.43. The van der Waals surface area contributed by atoms with Gasteiger partial charge in [-0.2, -0.15) is 0 Å². The molecule has 0 radical (unpaired) electrons. The Morgan fingerprint density at radius 2 is 2.08 bits per heavy atom. The van der Waals surface area contributed by atoms with E-state index < -0.39 is 5.82 Å². The maximum atomic E-state index is 13.5. The Kier molecular flexibility index (Phi) is 3.31. The van der Waals surface area contributed by atoms with E-state index >= 15 is 0 Å². The SMILES string of the molecule is CN(C)c1c2ccnsc-2c2c(=O)n(-c3cccc(F)c3)cnc12. The molecule has 2 heterocycles. The number of hydrogen-bond acceptors (Lipinski definition) is 5. The Labute approximate surface area is 141 Å². The minimum Gasteiger partial charge on any atom is -0.375 e. The largest absolute Gasteiger partial charge is 0.375 e. The van der Waals surface area contributed by atoms with Gasteiger partial charge in [-0.15, -0.1) is 0 Å². The molecule has 0 atom stereocenters. The normalized spacial score (nSPS) is 11.3. The van der Waals surface area contributed by atoms with Crippen LogP contribution in [0.2, 0.25) is 0 Å². The van der Waals surface area contributed by atoms with Crippen LogP contribution in [-0.4, -0.2) is 28.0 Å². The molecule has 0 saturated heterocycles. The van der Waals surface area contributed by atoms with E-state index in [0.717, 1.165) is 16.1 Å². The molecule has 0 spiro atoms. The molecule has 0 saturated carbocycles. The summed E-state index contributed by atoms with van der Waals surface area (Å²) in [6.07, 6.45) is 3.16. The predicted molar refractivity (Wildman–Crippen MR) is 93.9 cm³/mol. The van der Waals surface area contributed by atoms with Gasteiger partial charge in [0.1, 0.15) is 17.7 Å².